The van der Waals surface area contributed by atoms with Gasteiger partial charge in [0.15, 0.2) is 0 Å². The number of hydrogen-bond acceptors (Lipinski definition) is 6. The van der Waals surface area contributed by atoms with Gasteiger partial charge in [0.25, 0.3) is 0 Å². The Morgan fingerprint density at radius 2 is 1.09 bits per heavy atom. The zero-order chi connectivity index (χ0) is 30.4. The highest BCUT2D eigenvalue weighted by molar-refractivity contribution is 5.82. The molecule has 2 saturated heterocycles. The molecule has 4 aliphatic heterocycles. The van der Waals surface area contributed by atoms with Gasteiger partial charge in [-0.05, 0) is 63.3 Å². The van der Waals surface area contributed by atoms with Gasteiger partial charge < -0.3 is 29.6 Å². The molecule has 44 heavy (non-hydrogen) atoms. The second-order valence-corrected chi connectivity index (χ2v) is 13.3. The lowest BCUT2D eigenvalue weighted by atomic mass is 9.76. The largest absolute Gasteiger partial charge is 0.343 e. The molecular formula is C34H38N8O2. The summed E-state index contributed by atoms with van der Waals surface area (Å²) in [6, 6.07) is 17.3. The van der Waals surface area contributed by atoms with Crippen molar-refractivity contribution in [2.24, 2.45) is 0 Å². The number of fused-ring (bicyclic) bond motifs is 10. The maximum Gasteiger partial charge on any atom is 0.237 e. The molecule has 226 valence electrons. The van der Waals surface area contributed by atoms with E-state index < -0.39 is 11.1 Å². The number of nitrogens with one attached hydrogen (secondary N) is 2. The van der Waals surface area contributed by atoms with Crippen molar-refractivity contribution in [1.82, 2.24) is 39.5 Å². The zero-order valence-electron chi connectivity index (χ0n) is 25.7. The minimum atomic E-state index is -0.580. The van der Waals surface area contributed by atoms with E-state index in [0.29, 0.717) is 26.2 Å². The van der Waals surface area contributed by atoms with Gasteiger partial charge in [-0.25, -0.2) is 9.97 Å². The topological polar surface area (TPSA) is 104 Å². The van der Waals surface area contributed by atoms with Crippen LogP contribution in [0.2, 0.25) is 0 Å². The smallest absolute Gasteiger partial charge is 0.237 e. The minimum Gasteiger partial charge on any atom is -0.343 e. The first kappa shape index (κ1) is 27.3. The number of rotatable bonds is 7. The van der Waals surface area contributed by atoms with E-state index in [1.807, 2.05) is 60.2 Å². The predicted octanol–water partition coefficient (Wildman–Crippen LogP) is 3.07. The second-order valence-electron chi connectivity index (χ2n) is 13.3. The van der Waals surface area contributed by atoms with Crippen LogP contribution in [0.15, 0.2) is 60.9 Å². The molecule has 8 rings (SSSR count). The van der Waals surface area contributed by atoms with Gasteiger partial charge in [0, 0.05) is 48.7 Å². The van der Waals surface area contributed by atoms with E-state index in [-0.39, 0.29) is 23.7 Å². The fourth-order valence-electron chi connectivity index (χ4n) is 8.60. The molecule has 0 saturated carbocycles. The summed E-state index contributed by atoms with van der Waals surface area (Å²) in [6.07, 6.45) is 5.67. The number of nitrogens with zero attached hydrogens (tertiary/aromatic N) is 6. The summed E-state index contributed by atoms with van der Waals surface area (Å²) < 4.78 is 0. The molecule has 4 atom stereocenters. The molecule has 4 aromatic rings. The average molecular weight is 591 g/mol. The third kappa shape index (κ3) is 3.55. The Labute approximate surface area is 257 Å². The van der Waals surface area contributed by atoms with Crippen LogP contribution >= 0.6 is 0 Å². The number of carbonyl (C=O) groups excluding carboxylic acids is 2. The maximum atomic E-state index is 13.5. The van der Waals surface area contributed by atoms with Crippen molar-refractivity contribution in [2.45, 2.75) is 35.8 Å². The maximum absolute atomic E-state index is 13.5. The number of aromatic nitrogens is 4. The van der Waals surface area contributed by atoms with E-state index in [4.69, 9.17) is 9.97 Å². The molecule has 2 unspecified atom stereocenters. The Bertz CT molecular complexity index is 1630. The zero-order valence-corrected chi connectivity index (χ0v) is 25.7. The van der Waals surface area contributed by atoms with Crippen LogP contribution in [-0.4, -0.2) is 106 Å². The summed E-state index contributed by atoms with van der Waals surface area (Å²) >= 11 is 0. The van der Waals surface area contributed by atoms with E-state index in [9.17, 15) is 9.59 Å². The van der Waals surface area contributed by atoms with Crippen molar-refractivity contribution in [3.05, 3.63) is 95.1 Å². The number of likely N-dealkylation sites (N-methyl/N-ethyl adjacent to an activating group) is 2. The first-order valence-corrected chi connectivity index (χ1v) is 15.5. The van der Waals surface area contributed by atoms with Crippen molar-refractivity contribution in [3.8, 4) is 11.1 Å². The van der Waals surface area contributed by atoms with Gasteiger partial charge in [-0.2, -0.15) is 0 Å². The molecule has 0 spiro atoms. The Balaban J connectivity index is 1.12. The third-order valence-corrected chi connectivity index (χ3v) is 10.3. The molecule has 2 aromatic heterocycles. The van der Waals surface area contributed by atoms with E-state index in [2.05, 4.69) is 58.5 Å². The molecule has 4 bridgehead atoms. The molecule has 6 heterocycles. The molecule has 0 aliphatic carbocycles. The van der Waals surface area contributed by atoms with Crippen LogP contribution in [0, 0.1) is 0 Å². The highest BCUT2D eigenvalue weighted by Gasteiger charge is 2.60. The van der Waals surface area contributed by atoms with Crippen LogP contribution in [0.4, 0.5) is 0 Å². The fraction of sp³-hybridized carbons (Fsp3) is 0.412. The van der Waals surface area contributed by atoms with Gasteiger partial charge in [0.05, 0.1) is 13.1 Å². The molecule has 0 radical (unpaired) electrons. The van der Waals surface area contributed by atoms with Gasteiger partial charge >= 0.3 is 0 Å². The van der Waals surface area contributed by atoms with Crippen molar-refractivity contribution in [2.75, 3.05) is 54.4 Å². The summed E-state index contributed by atoms with van der Waals surface area (Å²) in [6.45, 7) is 2.16. The highest BCUT2D eigenvalue weighted by Crippen LogP contribution is 2.57. The number of benzene rings is 2. The number of H-pyrrole nitrogens is 2. The Kier molecular flexibility index (Phi) is 5.96. The van der Waals surface area contributed by atoms with E-state index in [1.165, 1.54) is 0 Å². The van der Waals surface area contributed by atoms with Crippen molar-refractivity contribution in [1.29, 1.82) is 0 Å². The Hall–Kier alpha value is -4.28. The molecular weight excluding hydrogens is 552 g/mol. The summed E-state index contributed by atoms with van der Waals surface area (Å²) in [5.41, 5.74) is 5.43. The summed E-state index contributed by atoms with van der Waals surface area (Å²) in [7, 11) is 7.73. The van der Waals surface area contributed by atoms with Crippen LogP contribution < -0.4 is 0 Å². The number of aromatic amines is 2. The van der Waals surface area contributed by atoms with Crippen LogP contribution in [0.25, 0.3) is 11.1 Å². The summed E-state index contributed by atoms with van der Waals surface area (Å²) in [4.78, 5) is 51.2. The van der Waals surface area contributed by atoms with E-state index in [0.717, 1.165) is 58.1 Å². The predicted molar refractivity (Wildman–Crippen MR) is 166 cm³/mol. The van der Waals surface area contributed by atoms with E-state index >= 15 is 0 Å². The van der Waals surface area contributed by atoms with Gasteiger partial charge in [-0.3, -0.25) is 9.59 Å². The van der Waals surface area contributed by atoms with Crippen molar-refractivity contribution in [3.63, 3.8) is 0 Å². The molecule has 10 nitrogen and oxygen atoms in total. The number of hydrogen-bond donors (Lipinski definition) is 2. The van der Waals surface area contributed by atoms with Gasteiger partial charge in [0.1, 0.15) is 22.7 Å². The lowest BCUT2D eigenvalue weighted by Crippen LogP contribution is -2.50. The Morgan fingerprint density at radius 3 is 1.45 bits per heavy atom. The van der Waals surface area contributed by atoms with Gasteiger partial charge in [-0.1, -0.05) is 48.5 Å². The monoisotopic (exact) mass is 590 g/mol. The average Bonchev–Trinajstić information content (AvgIpc) is 3.84. The number of carbonyl (C=O) groups is 2. The highest BCUT2D eigenvalue weighted by atomic mass is 16.2. The lowest BCUT2D eigenvalue weighted by Gasteiger charge is -2.40. The molecule has 2 amide bonds. The first-order chi connectivity index (χ1) is 21.2. The SMILES string of the molecule is CN(C)CC(=O)N1CCC2c3cnc([nH]3)[C@@]21c1ccc(-c2ccc([C@]34c5ncc([nH]5)C3CCN4C(=O)CN(C)C)cc2)cc1. The van der Waals surface area contributed by atoms with Crippen LogP contribution in [0.3, 0.4) is 0 Å². The quantitative estimate of drug-likeness (QED) is 0.343. The van der Waals surface area contributed by atoms with Gasteiger partial charge in [-0.15, -0.1) is 0 Å². The molecule has 4 aliphatic rings. The van der Waals surface area contributed by atoms with E-state index in [1.54, 1.807) is 0 Å². The number of likely N-dealkylation sites (tertiary alicyclic amines) is 2. The third-order valence-electron chi connectivity index (χ3n) is 10.3. The minimum absolute atomic E-state index is 0.119. The van der Waals surface area contributed by atoms with Crippen molar-refractivity contribution >= 4 is 11.8 Å². The first-order valence-electron chi connectivity index (χ1n) is 15.5. The second kappa shape index (κ2) is 9.61. The number of imidazole rings is 2. The van der Waals surface area contributed by atoms with Gasteiger partial charge in [0.2, 0.25) is 11.8 Å². The van der Waals surface area contributed by atoms with Crippen LogP contribution in [-0.2, 0) is 20.7 Å². The van der Waals surface area contributed by atoms with Crippen molar-refractivity contribution < 1.29 is 9.59 Å². The molecule has 2 fully saturated rings. The normalized spacial score (nSPS) is 26.2. The molecule has 10 heteroatoms. The molecule has 2 N–H and O–H groups in total. The number of amides is 2. The van der Waals surface area contributed by atoms with Crippen LogP contribution in [0.5, 0.6) is 0 Å². The summed E-state index contributed by atoms with van der Waals surface area (Å²) in [5.74, 6) is 2.33. The standard InChI is InChI=1S/C34H38N8O2/c1-39(2)19-29(43)41-15-13-25-27-17-35-31(37-27)33(25,41)23-9-5-21(6-10-23)22-7-11-24(12-8-22)34-26(28-18-36-32(34)38-28)14-16-42(34)30(44)20-40(3)4/h5-12,17-18,25-26H,13-16,19-20H2,1-4H3,(H,35,37)(H,36,38)/t25?,26?,33-,34-/m1/s1. The lowest BCUT2D eigenvalue weighted by molar-refractivity contribution is -0.136. The fourth-order valence-corrected chi connectivity index (χ4v) is 8.60. The molecule has 2 aromatic carbocycles. The Morgan fingerprint density at radius 1 is 0.705 bits per heavy atom. The summed E-state index contributed by atoms with van der Waals surface area (Å²) in [5, 5.41) is 0. The van der Waals surface area contributed by atoms with Crippen LogP contribution in [0.1, 0.15) is 58.8 Å².